The number of hydrogen-bond donors (Lipinski definition) is 0. The molecule has 0 amide bonds. The second kappa shape index (κ2) is 6.00. The third-order valence-corrected chi connectivity index (χ3v) is 4.95. The van der Waals surface area contributed by atoms with E-state index in [1.54, 1.807) is 13.2 Å². The number of aromatic nitrogens is 2. The van der Waals surface area contributed by atoms with Crippen LogP contribution in [0.1, 0.15) is 25.0 Å². The molecule has 0 N–H and O–H groups in total. The zero-order valence-electron chi connectivity index (χ0n) is 11.4. The molecule has 0 aliphatic heterocycles. The van der Waals surface area contributed by atoms with Crippen molar-refractivity contribution in [3.8, 4) is 0 Å². The Kier molecular flexibility index (Phi) is 4.72. The molecule has 2 rings (SSSR count). The second-order valence-corrected chi connectivity index (χ2v) is 7.62. The molecule has 20 heavy (non-hydrogen) atoms. The average molecular weight is 337 g/mol. The van der Waals surface area contributed by atoms with Gasteiger partial charge in [0, 0.05) is 34.9 Å². The molecule has 1 aromatic carbocycles. The Morgan fingerprint density at radius 3 is 2.65 bits per heavy atom. The van der Waals surface area contributed by atoms with Crippen LogP contribution < -0.4 is 0 Å². The van der Waals surface area contributed by atoms with E-state index in [9.17, 15) is 8.60 Å². The topological polar surface area (TPSA) is 34.9 Å². The molecule has 0 aliphatic carbocycles. The summed E-state index contributed by atoms with van der Waals surface area (Å²) in [6.07, 6.45) is 1.64. The molecule has 0 saturated carbocycles. The lowest BCUT2D eigenvalue weighted by Crippen LogP contribution is -2.19. The fraction of sp³-hybridized carbons (Fsp3) is 0.462. The Hall–Kier alpha value is -0.650. The minimum atomic E-state index is -0.981. The van der Waals surface area contributed by atoms with Gasteiger partial charge < -0.3 is 4.57 Å². The number of alkyl halides is 1. The quantitative estimate of drug-likeness (QED) is 0.793. The summed E-state index contributed by atoms with van der Waals surface area (Å²) in [5, 5.41) is -0.384. The summed E-state index contributed by atoms with van der Waals surface area (Å²) in [7, 11) is -0.981. The lowest BCUT2D eigenvalue weighted by atomic mass is 10.3. The van der Waals surface area contributed by atoms with Gasteiger partial charge in [-0.1, -0.05) is 11.6 Å². The summed E-state index contributed by atoms with van der Waals surface area (Å²) in [5.74, 6) is 0.125. The predicted octanol–water partition coefficient (Wildman–Crippen LogP) is 3.90. The van der Waals surface area contributed by atoms with Crippen molar-refractivity contribution < 1.29 is 8.60 Å². The first-order valence-corrected chi connectivity index (χ1v) is 8.56. The molecule has 3 atom stereocenters. The molecule has 0 saturated heterocycles. The Balaban J connectivity index is 2.62. The third kappa shape index (κ3) is 3.00. The Labute approximate surface area is 129 Å². The van der Waals surface area contributed by atoms with Gasteiger partial charge in [0.2, 0.25) is 0 Å². The van der Waals surface area contributed by atoms with E-state index in [-0.39, 0.29) is 15.6 Å². The molecule has 7 heteroatoms. The minimum absolute atomic E-state index is 0.0306. The third-order valence-electron chi connectivity index (χ3n) is 3.18. The molecule has 0 aliphatic rings. The molecule has 0 spiro atoms. The highest BCUT2D eigenvalue weighted by Gasteiger charge is 2.19. The average Bonchev–Trinajstić information content (AvgIpc) is 2.68. The van der Waals surface area contributed by atoms with Crippen LogP contribution in [0.25, 0.3) is 11.0 Å². The molecule has 0 radical (unpaired) electrons. The molecule has 1 heterocycles. The van der Waals surface area contributed by atoms with Crippen molar-refractivity contribution in [1.82, 2.24) is 9.55 Å². The molecule has 3 unspecified atom stereocenters. The van der Waals surface area contributed by atoms with Crippen LogP contribution in [0.5, 0.6) is 0 Å². The zero-order chi connectivity index (χ0) is 15.0. The summed E-state index contributed by atoms with van der Waals surface area (Å²) in [4.78, 5) is 4.41. The van der Waals surface area contributed by atoms with Crippen molar-refractivity contribution in [2.75, 3.05) is 6.26 Å². The fourth-order valence-electron chi connectivity index (χ4n) is 2.00. The van der Waals surface area contributed by atoms with E-state index < -0.39 is 16.6 Å². The first-order chi connectivity index (χ1) is 9.31. The van der Waals surface area contributed by atoms with Gasteiger partial charge >= 0.3 is 0 Å². The normalized spacial score (nSPS) is 16.3. The lowest BCUT2D eigenvalue weighted by molar-refractivity contribution is 0.621. The number of nitrogens with zero attached hydrogens (tertiary/aromatic N) is 2. The number of halogens is 3. The highest BCUT2D eigenvalue weighted by Crippen LogP contribution is 2.28. The highest BCUT2D eigenvalue weighted by molar-refractivity contribution is 7.84. The maximum absolute atomic E-state index is 13.7. The van der Waals surface area contributed by atoms with E-state index >= 15 is 0 Å². The van der Waals surface area contributed by atoms with Gasteiger partial charge in [-0.2, -0.15) is 0 Å². The molecule has 1 aromatic heterocycles. The van der Waals surface area contributed by atoms with Crippen molar-refractivity contribution in [1.29, 1.82) is 0 Å². The van der Waals surface area contributed by atoms with Crippen LogP contribution in [0.15, 0.2) is 12.1 Å². The summed E-state index contributed by atoms with van der Waals surface area (Å²) in [6.45, 7) is 4.13. The first-order valence-electron chi connectivity index (χ1n) is 6.12. The van der Waals surface area contributed by atoms with E-state index in [2.05, 4.69) is 4.98 Å². The number of hydrogen-bond acceptors (Lipinski definition) is 2. The van der Waals surface area contributed by atoms with Crippen molar-refractivity contribution in [3.63, 3.8) is 0 Å². The predicted molar refractivity (Wildman–Crippen MR) is 82.5 cm³/mol. The van der Waals surface area contributed by atoms with Gasteiger partial charge in [-0.25, -0.2) is 9.37 Å². The van der Waals surface area contributed by atoms with Crippen LogP contribution in [-0.2, 0) is 17.3 Å². The van der Waals surface area contributed by atoms with E-state index in [0.717, 1.165) is 0 Å². The maximum Gasteiger partial charge on any atom is 0.144 e. The van der Waals surface area contributed by atoms with Gasteiger partial charge in [0.1, 0.15) is 11.6 Å². The van der Waals surface area contributed by atoms with Gasteiger partial charge in [0.25, 0.3) is 0 Å². The molecular formula is C13H15Cl2FN2OS. The lowest BCUT2D eigenvalue weighted by Gasteiger charge is -2.14. The van der Waals surface area contributed by atoms with E-state index in [0.29, 0.717) is 23.4 Å². The van der Waals surface area contributed by atoms with Crippen molar-refractivity contribution in [2.24, 2.45) is 0 Å². The van der Waals surface area contributed by atoms with Gasteiger partial charge in [0.15, 0.2) is 0 Å². The van der Waals surface area contributed by atoms with E-state index in [1.165, 1.54) is 12.1 Å². The number of benzene rings is 1. The fourth-order valence-corrected chi connectivity index (χ4v) is 2.68. The SMILES string of the molecule is CC(Cl)c1nc2cc(Cl)c(F)cc2n1CC(C)S(C)=O. The van der Waals surface area contributed by atoms with Crippen molar-refractivity contribution in [3.05, 3.63) is 28.8 Å². The van der Waals surface area contributed by atoms with Crippen LogP contribution in [0.4, 0.5) is 4.39 Å². The van der Waals surface area contributed by atoms with Gasteiger partial charge in [-0.05, 0) is 19.9 Å². The van der Waals surface area contributed by atoms with Gasteiger partial charge in [0.05, 0.1) is 21.4 Å². The van der Waals surface area contributed by atoms with Crippen molar-refractivity contribution >= 4 is 45.0 Å². The van der Waals surface area contributed by atoms with E-state index in [1.807, 2.05) is 11.5 Å². The second-order valence-electron chi connectivity index (χ2n) is 4.76. The van der Waals surface area contributed by atoms with Crippen molar-refractivity contribution in [2.45, 2.75) is 31.0 Å². The smallest absolute Gasteiger partial charge is 0.144 e. The van der Waals surface area contributed by atoms with Crippen LogP contribution in [0, 0.1) is 5.82 Å². The Bertz CT molecular complexity index is 672. The van der Waals surface area contributed by atoms with Crippen LogP contribution in [0.2, 0.25) is 5.02 Å². The summed E-state index contributed by atoms with van der Waals surface area (Å²) in [6, 6.07) is 2.83. The van der Waals surface area contributed by atoms with Gasteiger partial charge in [-0.15, -0.1) is 11.6 Å². The Morgan fingerprint density at radius 2 is 2.10 bits per heavy atom. The summed E-state index contributed by atoms with van der Waals surface area (Å²) >= 11 is 11.9. The zero-order valence-corrected chi connectivity index (χ0v) is 13.7. The molecule has 110 valence electrons. The summed E-state index contributed by atoms with van der Waals surface area (Å²) < 4.78 is 27.0. The number of imidazole rings is 1. The number of rotatable bonds is 4. The summed E-state index contributed by atoms with van der Waals surface area (Å²) in [5.41, 5.74) is 1.21. The molecule has 0 bridgehead atoms. The minimum Gasteiger partial charge on any atom is -0.325 e. The van der Waals surface area contributed by atoms with Crippen LogP contribution >= 0.6 is 23.2 Å². The molecule has 3 nitrogen and oxygen atoms in total. The van der Waals surface area contributed by atoms with Gasteiger partial charge in [-0.3, -0.25) is 4.21 Å². The molecule has 2 aromatic rings. The largest absolute Gasteiger partial charge is 0.325 e. The monoisotopic (exact) mass is 336 g/mol. The molecule has 0 fully saturated rings. The number of fused-ring (bicyclic) bond motifs is 1. The maximum atomic E-state index is 13.7. The molecular weight excluding hydrogens is 322 g/mol. The van der Waals surface area contributed by atoms with Crippen LogP contribution in [0.3, 0.4) is 0 Å². The van der Waals surface area contributed by atoms with Crippen LogP contribution in [-0.4, -0.2) is 25.3 Å². The standard InChI is InChI=1S/C13H15Cl2FN2OS/c1-7(20(3)19)6-18-12-5-10(16)9(15)4-11(12)17-13(18)8(2)14/h4-5,7-8H,6H2,1-3H3. The first kappa shape index (κ1) is 15.7. The highest BCUT2D eigenvalue weighted by atomic mass is 35.5. The Morgan fingerprint density at radius 1 is 1.45 bits per heavy atom. The van der Waals surface area contributed by atoms with E-state index in [4.69, 9.17) is 23.2 Å².